The average Bonchev–Trinajstić information content (AvgIpc) is 2.04. The summed E-state index contributed by atoms with van der Waals surface area (Å²) < 4.78 is 0. The van der Waals surface area contributed by atoms with Crippen molar-refractivity contribution in [2.24, 2.45) is 5.73 Å². The Labute approximate surface area is 78.0 Å². The van der Waals surface area contributed by atoms with Crippen molar-refractivity contribution in [3.63, 3.8) is 0 Å². The zero-order chi connectivity index (χ0) is 9.84. The van der Waals surface area contributed by atoms with Crippen molar-refractivity contribution in [3.8, 4) is 0 Å². The summed E-state index contributed by atoms with van der Waals surface area (Å²) in [7, 11) is 0. The summed E-state index contributed by atoms with van der Waals surface area (Å²) in [4.78, 5) is 13.7. The number of aromatic nitrogens is 1. The summed E-state index contributed by atoms with van der Waals surface area (Å²) in [6, 6.07) is 3.38. The van der Waals surface area contributed by atoms with Gasteiger partial charge in [0, 0.05) is 17.8 Å². The van der Waals surface area contributed by atoms with Crippen LogP contribution in [0.15, 0.2) is 16.9 Å². The Kier molecular flexibility index (Phi) is 3.25. The van der Waals surface area contributed by atoms with Crippen LogP contribution in [0.3, 0.4) is 0 Å². The van der Waals surface area contributed by atoms with Gasteiger partial charge in [0.05, 0.1) is 0 Å². The molecule has 1 rings (SSSR count). The molecule has 0 saturated carbocycles. The van der Waals surface area contributed by atoms with Crippen molar-refractivity contribution in [1.82, 2.24) is 4.98 Å². The van der Waals surface area contributed by atoms with Crippen molar-refractivity contribution in [2.45, 2.75) is 32.7 Å². The fourth-order valence-electron chi connectivity index (χ4n) is 1.46. The molecule has 0 unspecified atom stereocenters. The number of nitrogens with one attached hydrogen (secondary N) is 1. The summed E-state index contributed by atoms with van der Waals surface area (Å²) in [5.41, 5.74) is 7.80. The van der Waals surface area contributed by atoms with Gasteiger partial charge in [-0.1, -0.05) is 19.4 Å². The maximum atomic E-state index is 10.9. The zero-order valence-electron chi connectivity index (χ0n) is 8.13. The SMILES string of the molecule is CCC[C@H](N)c1ccc(=O)[nH]c1C. The number of pyridine rings is 1. The Morgan fingerprint density at radius 3 is 2.77 bits per heavy atom. The number of nitrogens with two attached hydrogens (primary N) is 1. The fraction of sp³-hybridized carbons (Fsp3) is 0.500. The van der Waals surface area contributed by atoms with Crippen LogP contribution in [0.2, 0.25) is 0 Å². The summed E-state index contributed by atoms with van der Waals surface area (Å²) in [5.74, 6) is 0. The standard InChI is InChI=1S/C10H16N2O/c1-3-4-9(11)8-5-6-10(13)12-7(8)2/h5-6,9H,3-4,11H2,1-2H3,(H,12,13)/t9-/m0/s1. The summed E-state index contributed by atoms with van der Waals surface area (Å²) in [6.07, 6.45) is 2.01. The first-order valence-corrected chi connectivity index (χ1v) is 4.60. The van der Waals surface area contributed by atoms with Crippen LogP contribution in [0.5, 0.6) is 0 Å². The van der Waals surface area contributed by atoms with Gasteiger partial charge in [-0.2, -0.15) is 0 Å². The minimum absolute atomic E-state index is 0.0434. The molecule has 0 spiro atoms. The van der Waals surface area contributed by atoms with Gasteiger partial charge in [-0.05, 0) is 18.9 Å². The van der Waals surface area contributed by atoms with Crippen molar-refractivity contribution in [3.05, 3.63) is 33.7 Å². The molecule has 0 aliphatic carbocycles. The summed E-state index contributed by atoms with van der Waals surface area (Å²) >= 11 is 0. The minimum Gasteiger partial charge on any atom is -0.326 e. The van der Waals surface area contributed by atoms with E-state index in [1.807, 2.05) is 13.0 Å². The van der Waals surface area contributed by atoms with Crippen molar-refractivity contribution < 1.29 is 0 Å². The highest BCUT2D eigenvalue weighted by atomic mass is 16.1. The van der Waals surface area contributed by atoms with Crippen LogP contribution in [0.25, 0.3) is 0 Å². The van der Waals surface area contributed by atoms with Crippen molar-refractivity contribution in [2.75, 3.05) is 0 Å². The first-order chi connectivity index (χ1) is 6.15. The maximum Gasteiger partial charge on any atom is 0.248 e. The molecule has 3 heteroatoms. The quantitative estimate of drug-likeness (QED) is 0.740. The third kappa shape index (κ3) is 2.42. The molecule has 3 N–H and O–H groups in total. The molecule has 0 fully saturated rings. The van der Waals surface area contributed by atoms with Crippen LogP contribution in [-0.2, 0) is 0 Å². The highest BCUT2D eigenvalue weighted by Gasteiger charge is 2.07. The van der Waals surface area contributed by atoms with Gasteiger partial charge >= 0.3 is 0 Å². The molecule has 0 amide bonds. The van der Waals surface area contributed by atoms with E-state index in [2.05, 4.69) is 11.9 Å². The molecule has 0 radical (unpaired) electrons. The number of rotatable bonds is 3. The van der Waals surface area contributed by atoms with E-state index in [9.17, 15) is 4.79 Å². The van der Waals surface area contributed by atoms with Gasteiger partial charge in [-0.15, -0.1) is 0 Å². The van der Waals surface area contributed by atoms with Gasteiger partial charge in [0.15, 0.2) is 0 Å². The van der Waals surface area contributed by atoms with Gasteiger partial charge in [-0.25, -0.2) is 0 Å². The minimum atomic E-state index is -0.0649. The molecule has 1 atom stereocenters. The molecule has 72 valence electrons. The number of hydrogen-bond acceptors (Lipinski definition) is 2. The molecule has 0 aromatic carbocycles. The van der Waals surface area contributed by atoms with Crippen LogP contribution < -0.4 is 11.3 Å². The number of H-pyrrole nitrogens is 1. The molecule has 0 saturated heterocycles. The largest absolute Gasteiger partial charge is 0.326 e. The Bertz CT molecular complexity index is 330. The van der Waals surface area contributed by atoms with Crippen LogP contribution in [-0.4, -0.2) is 4.98 Å². The molecule has 0 aliphatic rings. The van der Waals surface area contributed by atoms with Gasteiger partial charge in [0.1, 0.15) is 0 Å². The predicted octanol–water partition coefficient (Wildman–Crippen LogP) is 1.48. The van der Waals surface area contributed by atoms with E-state index in [4.69, 9.17) is 5.73 Å². The van der Waals surface area contributed by atoms with Gasteiger partial charge in [0.2, 0.25) is 5.56 Å². The fourth-order valence-corrected chi connectivity index (χ4v) is 1.46. The number of aryl methyl sites for hydroxylation is 1. The molecular weight excluding hydrogens is 164 g/mol. The third-order valence-corrected chi connectivity index (χ3v) is 2.16. The molecule has 1 aromatic heterocycles. The summed E-state index contributed by atoms with van der Waals surface area (Å²) in [5, 5.41) is 0. The van der Waals surface area contributed by atoms with E-state index in [1.54, 1.807) is 0 Å². The molecule has 3 nitrogen and oxygen atoms in total. The van der Waals surface area contributed by atoms with E-state index < -0.39 is 0 Å². The summed E-state index contributed by atoms with van der Waals surface area (Å²) in [6.45, 7) is 3.98. The van der Waals surface area contributed by atoms with Crippen LogP contribution in [0.4, 0.5) is 0 Å². The second kappa shape index (κ2) is 4.23. The van der Waals surface area contributed by atoms with Crippen LogP contribution in [0.1, 0.15) is 37.1 Å². The Hall–Kier alpha value is -1.09. The van der Waals surface area contributed by atoms with Gasteiger partial charge in [-0.3, -0.25) is 4.79 Å². The van der Waals surface area contributed by atoms with Crippen LogP contribution >= 0.6 is 0 Å². The number of aromatic amines is 1. The number of hydrogen-bond donors (Lipinski definition) is 2. The Balaban J connectivity index is 2.94. The lowest BCUT2D eigenvalue weighted by Gasteiger charge is -2.12. The van der Waals surface area contributed by atoms with Crippen molar-refractivity contribution >= 4 is 0 Å². The lowest BCUT2D eigenvalue weighted by Crippen LogP contribution is -2.15. The average molecular weight is 180 g/mol. The monoisotopic (exact) mass is 180 g/mol. The van der Waals surface area contributed by atoms with E-state index >= 15 is 0 Å². The normalized spacial score (nSPS) is 12.8. The zero-order valence-corrected chi connectivity index (χ0v) is 8.13. The highest BCUT2D eigenvalue weighted by Crippen LogP contribution is 2.16. The van der Waals surface area contributed by atoms with E-state index in [0.29, 0.717) is 0 Å². The van der Waals surface area contributed by atoms with Crippen molar-refractivity contribution in [1.29, 1.82) is 0 Å². The first kappa shape index (κ1) is 9.99. The third-order valence-electron chi connectivity index (χ3n) is 2.16. The maximum absolute atomic E-state index is 10.9. The van der Waals surface area contributed by atoms with Gasteiger partial charge < -0.3 is 10.7 Å². The van der Waals surface area contributed by atoms with E-state index in [-0.39, 0.29) is 11.6 Å². The molecular formula is C10H16N2O. The molecule has 0 bridgehead atoms. The van der Waals surface area contributed by atoms with Gasteiger partial charge in [0.25, 0.3) is 0 Å². The van der Waals surface area contributed by atoms with Crippen LogP contribution in [0, 0.1) is 6.92 Å². The highest BCUT2D eigenvalue weighted by molar-refractivity contribution is 5.21. The Morgan fingerprint density at radius 2 is 2.23 bits per heavy atom. The predicted molar refractivity (Wildman–Crippen MR) is 53.6 cm³/mol. The lowest BCUT2D eigenvalue weighted by atomic mass is 10.0. The molecule has 13 heavy (non-hydrogen) atoms. The topological polar surface area (TPSA) is 58.9 Å². The first-order valence-electron chi connectivity index (χ1n) is 4.60. The Morgan fingerprint density at radius 1 is 1.54 bits per heavy atom. The smallest absolute Gasteiger partial charge is 0.248 e. The lowest BCUT2D eigenvalue weighted by molar-refractivity contribution is 0.631. The molecule has 1 aromatic rings. The molecule has 1 heterocycles. The molecule has 0 aliphatic heterocycles. The van der Waals surface area contributed by atoms with E-state index in [1.165, 1.54) is 6.07 Å². The second-order valence-corrected chi connectivity index (χ2v) is 3.30. The van der Waals surface area contributed by atoms with E-state index in [0.717, 1.165) is 24.1 Å². The second-order valence-electron chi connectivity index (χ2n) is 3.30.